The maximum absolute atomic E-state index is 10.1. The van der Waals surface area contributed by atoms with Gasteiger partial charge in [0.05, 0.1) is 46.3 Å². The SMILES string of the molecule is CCCCCCC1=CC(N)C(CCCCCC)(N(c2ccc(N(C3(CCCCCC)C=CC(CCCCCC)=CC3N)C3(CCCCCC)C=CC(CCCCCC)=CC3N)cc2)C2(CCCCCC)C=CC(CCCCCC)=CC2N)C=C1.OB(O)F. The molecular weight excluding hydrogens is 1080 g/mol. The molecule has 0 bridgehead atoms. The van der Waals surface area contributed by atoms with Crippen molar-refractivity contribution in [2.75, 3.05) is 9.80 Å². The molecule has 0 spiro atoms. The monoisotopic (exact) mass is 1220 g/mol. The number of halogens is 1. The smallest absolute Gasteiger partial charge is 0.398 e. The minimum atomic E-state index is -2.67. The Labute approximate surface area is 541 Å². The van der Waals surface area contributed by atoms with Crippen LogP contribution in [-0.4, -0.2) is 63.8 Å². The van der Waals surface area contributed by atoms with Gasteiger partial charge in [0.15, 0.2) is 0 Å². The van der Waals surface area contributed by atoms with Crippen LogP contribution in [0.4, 0.5) is 15.7 Å². The molecule has 0 amide bonds. The first-order valence-corrected chi connectivity index (χ1v) is 37.0. The Morgan fingerprint density at radius 1 is 0.330 bits per heavy atom. The molecular formula is C78H134BFN6O2. The van der Waals surface area contributed by atoms with Crippen LogP contribution in [-0.2, 0) is 0 Å². The average Bonchev–Trinajstić information content (AvgIpc) is 0.912. The van der Waals surface area contributed by atoms with Gasteiger partial charge < -0.3 is 42.8 Å². The summed E-state index contributed by atoms with van der Waals surface area (Å²) in [5, 5.41) is 13.9. The van der Waals surface area contributed by atoms with E-state index in [1.165, 1.54) is 213 Å². The second-order valence-corrected chi connectivity index (χ2v) is 27.4. The predicted molar refractivity (Wildman–Crippen MR) is 384 cm³/mol. The normalized spacial score (nSPS) is 24.8. The Morgan fingerprint density at radius 2 is 0.511 bits per heavy atom. The van der Waals surface area contributed by atoms with Crippen molar-refractivity contribution < 1.29 is 14.4 Å². The molecule has 0 aromatic heterocycles. The van der Waals surface area contributed by atoms with E-state index in [-0.39, 0.29) is 24.2 Å². The zero-order valence-electron chi connectivity index (χ0n) is 57.9. The number of hydrogen-bond donors (Lipinski definition) is 6. The molecule has 1 aromatic rings. The van der Waals surface area contributed by atoms with Crippen molar-refractivity contribution in [2.24, 2.45) is 22.9 Å². The molecule has 0 fully saturated rings. The van der Waals surface area contributed by atoms with Gasteiger partial charge in [-0.15, -0.1) is 0 Å². The van der Waals surface area contributed by atoms with Crippen molar-refractivity contribution >= 4 is 18.8 Å². The fourth-order valence-electron chi connectivity index (χ4n) is 15.0. The molecule has 10 heteroatoms. The standard InChI is InChI=1S/C78H132N6.BFH2O2/c1-9-17-25-33-41-65-49-57-75(71(79)61-65,53-37-29-21-13-5)83(76(54-38-30-22-14-6)58-50-66(62-72(76)80)42-34-26-18-10-2)69-45-47-70(48-46-69)84(77(55-39-31-23-15-7)59-51-67(63-73(77)81)43-35-27-19-11-3)78(56-40-32-24-16-8)60-52-68(64-74(78)82)44-36-28-20-12-4;2-1(3)4/h45-52,57-64,71-74H,9-44,53-56,79-82H2,1-8H3;3-4H. The van der Waals surface area contributed by atoms with Crippen molar-refractivity contribution in [2.45, 2.75) is 359 Å². The number of rotatable bonds is 46. The van der Waals surface area contributed by atoms with E-state index < -0.39 is 29.6 Å². The fraction of sp³-hybridized carbons (Fsp3) is 0.718. The third kappa shape index (κ3) is 23.0. The minimum absolute atomic E-state index is 0.214. The second-order valence-electron chi connectivity index (χ2n) is 27.4. The third-order valence-corrected chi connectivity index (χ3v) is 20.3. The van der Waals surface area contributed by atoms with Crippen LogP contribution in [0.25, 0.3) is 0 Å². The third-order valence-electron chi connectivity index (χ3n) is 20.3. The van der Waals surface area contributed by atoms with Crippen LogP contribution < -0.4 is 32.7 Å². The summed E-state index contributed by atoms with van der Waals surface area (Å²) in [7, 11) is -2.67. The van der Waals surface area contributed by atoms with Gasteiger partial charge in [-0.1, -0.05) is 330 Å². The Morgan fingerprint density at radius 3 is 0.682 bits per heavy atom. The number of benzene rings is 1. The molecule has 8 atom stereocenters. The van der Waals surface area contributed by atoms with Crippen LogP contribution in [0.3, 0.4) is 0 Å². The number of nitrogens with two attached hydrogens (primary N) is 4. The summed E-state index contributed by atoms with van der Waals surface area (Å²) in [6.45, 7) is 18.6. The maximum atomic E-state index is 10.1. The molecule has 0 heterocycles. The first-order valence-electron chi connectivity index (χ1n) is 37.0. The number of allylic oxidation sites excluding steroid dienone is 8. The van der Waals surface area contributed by atoms with E-state index in [1.807, 2.05) is 0 Å². The molecule has 1 aromatic carbocycles. The Hall–Kier alpha value is -3.51. The van der Waals surface area contributed by atoms with E-state index in [0.29, 0.717) is 0 Å². The van der Waals surface area contributed by atoms with Crippen LogP contribution in [0.2, 0.25) is 0 Å². The highest BCUT2D eigenvalue weighted by atomic mass is 19.1. The lowest BCUT2D eigenvalue weighted by atomic mass is 9.70. The van der Waals surface area contributed by atoms with E-state index >= 15 is 0 Å². The van der Waals surface area contributed by atoms with Gasteiger partial charge in [0.25, 0.3) is 0 Å². The fourth-order valence-corrected chi connectivity index (χ4v) is 15.0. The van der Waals surface area contributed by atoms with Crippen LogP contribution in [0.5, 0.6) is 0 Å². The summed E-state index contributed by atoms with van der Waals surface area (Å²) >= 11 is 0. The lowest BCUT2D eigenvalue weighted by Crippen LogP contribution is -2.72. The summed E-state index contributed by atoms with van der Waals surface area (Å²) < 4.78 is 10.1. The molecule has 10 N–H and O–H groups in total. The Bertz CT molecular complexity index is 2020. The highest BCUT2D eigenvalue weighted by molar-refractivity contribution is 6.31. The highest BCUT2D eigenvalue weighted by Crippen LogP contribution is 2.50. The van der Waals surface area contributed by atoms with Gasteiger partial charge in [0.2, 0.25) is 0 Å². The summed E-state index contributed by atoms with van der Waals surface area (Å²) in [4.78, 5) is 5.67. The largest absolute Gasteiger partial charge is 0.674 e. The van der Waals surface area contributed by atoms with Gasteiger partial charge in [-0.2, -0.15) is 0 Å². The summed E-state index contributed by atoms with van der Waals surface area (Å²) in [6.07, 6.45) is 77.2. The minimum Gasteiger partial charge on any atom is -0.398 e. The van der Waals surface area contributed by atoms with E-state index in [4.69, 9.17) is 33.0 Å². The lowest BCUT2D eigenvalue weighted by Gasteiger charge is -2.60. The lowest BCUT2D eigenvalue weighted by molar-refractivity contribution is 0.271. The van der Waals surface area contributed by atoms with Gasteiger partial charge in [0, 0.05) is 11.4 Å². The first kappa shape index (κ1) is 76.9. The number of unbranched alkanes of at least 4 members (excludes halogenated alkanes) is 24. The van der Waals surface area contributed by atoms with Crippen molar-refractivity contribution in [1.82, 2.24) is 0 Å². The number of anilines is 2. The molecule has 0 radical (unpaired) electrons. The summed E-state index contributed by atoms with van der Waals surface area (Å²) in [6, 6.07) is 9.12. The van der Waals surface area contributed by atoms with Crippen LogP contribution in [0, 0.1) is 0 Å². The number of hydrogen-bond acceptors (Lipinski definition) is 8. The topological polar surface area (TPSA) is 151 Å². The molecule has 8 nitrogen and oxygen atoms in total. The van der Waals surface area contributed by atoms with Gasteiger partial charge in [-0.25, -0.2) is 0 Å². The van der Waals surface area contributed by atoms with Crippen molar-refractivity contribution in [3.8, 4) is 0 Å². The van der Waals surface area contributed by atoms with Crippen LogP contribution >= 0.6 is 0 Å². The zero-order chi connectivity index (χ0) is 64.1. The van der Waals surface area contributed by atoms with Crippen LogP contribution in [0.1, 0.15) is 312 Å². The van der Waals surface area contributed by atoms with Gasteiger partial charge in [0.1, 0.15) is 0 Å². The molecule has 0 saturated carbocycles. The van der Waals surface area contributed by atoms with E-state index in [9.17, 15) is 4.32 Å². The second kappa shape index (κ2) is 42.6. The maximum Gasteiger partial charge on any atom is 0.674 e. The number of nitrogens with zero attached hydrogens (tertiary/aromatic N) is 2. The molecule has 88 heavy (non-hydrogen) atoms. The van der Waals surface area contributed by atoms with Crippen molar-refractivity contribution in [3.05, 3.63) is 119 Å². The molecule has 0 saturated heterocycles. The van der Waals surface area contributed by atoms with Crippen LogP contribution in [0.15, 0.2) is 119 Å². The van der Waals surface area contributed by atoms with E-state index in [1.54, 1.807) is 0 Å². The summed E-state index contributed by atoms with van der Waals surface area (Å²) in [5.41, 5.74) is 37.8. The van der Waals surface area contributed by atoms with Gasteiger partial charge in [-0.3, -0.25) is 4.32 Å². The molecule has 0 aliphatic heterocycles. The average molecular weight is 1220 g/mol. The molecule has 8 unspecified atom stereocenters. The van der Waals surface area contributed by atoms with Gasteiger partial charge in [-0.05, 0) is 101 Å². The van der Waals surface area contributed by atoms with Gasteiger partial charge >= 0.3 is 7.40 Å². The highest BCUT2D eigenvalue weighted by Gasteiger charge is 2.54. The molecule has 4 aliphatic rings. The van der Waals surface area contributed by atoms with Crippen molar-refractivity contribution in [1.29, 1.82) is 0 Å². The predicted octanol–water partition coefficient (Wildman–Crippen LogP) is 20.2. The molecule has 498 valence electrons. The summed E-state index contributed by atoms with van der Waals surface area (Å²) in [5.74, 6) is 0. The Balaban J connectivity index is 0.00000401. The zero-order valence-corrected chi connectivity index (χ0v) is 57.9. The Kier molecular flexibility index (Phi) is 37.2. The molecule has 5 rings (SSSR count). The molecule has 4 aliphatic carbocycles. The van der Waals surface area contributed by atoms with E-state index in [0.717, 1.165) is 77.0 Å². The first-order chi connectivity index (χ1) is 42.7. The van der Waals surface area contributed by atoms with E-state index in [2.05, 4.69) is 162 Å². The van der Waals surface area contributed by atoms with Crippen molar-refractivity contribution in [3.63, 3.8) is 0 Å². The quantitative estimate of drug-likeness (QED) is 0.0279.